The van der Waals surface area contributed by atoms with E-state index in [1.165, 1.54) is 18.2 Å². The number of hydrogen-bond donors (Lipinski definition) is 0. The molecule has 0 radical (unpaired) electrons. The third-order valence-electron chi connectivity index (χ3n) is 4.06. The first-order valence-electron chi connectivity index (χ1n) is 8.01. The minimum Gasteiger partial charge on any atom is -0.353 e. The fourth-order valence-electron chi connectivity index (χ4n) is 2.71. The van der Waals surface area contributed by atoms with Gasteiger partial charge in [0, 0.05) is 50.6 Å². The number of amides is 1. The van der Waals surface area contributed by atoms with Crippen LogP contribution in [0.5, 0.6) is 0 Å². The molecule has 0 atom stereocenters. The summed E-state index contributed by atoms with van der Waals surface area (Å²) in [6, 6.07) is 12.0. The summed E-state index contributed by atoms with van der Waals surface area (Å²) in [5.74, 6) is 0.828. The lowest BCUT2D eigenvalue weighted by atomic mass is 10.2. The van der Waals surface area contributed by atoms with Crippen molar-refractivity contribution in [2.24, 2.45) is 0 Å². The van der Waals surface area contributed by atoms with Crippen LogP contribution in [0.2, 0.25) is 0 Å². The second-order valence-electron chi connectivity index (χ2n) is 5.69. The molecule has 1 aliphatic heterocycles. The highest BCUT2D eigenvalue weighted by atomic mass is 16.6. The first kappa shape index (κ1) is 16.6. The maximum Gasteiger partial charge on any atom is 0.270 e. The van der Waals surface area contributed by atoms with Crippen LogP contribution in [0, 0.1) is 10.1 Å². The highest BCUT2D eigenvalue weighted by molar-refractivity contribution is 5.92. The molecule has 1 aromatic heterocycles. The van der Waals surface area contributed by atoms with Crippen LogP contribution in [-0.4, -0.2) is 46.9 Å². The van der Waals surface area contributed by atoms with Gasteiger partial charge in [-0.2, -0.15) is 0 Å². The molecule has 1 aliphatic rings. The molecule has 1 amide bonds. The Balaban J connectivity index is 1.58. The topological polar surface area (TPSA) is 79.6 Å². The van der Waals surface area contributed by atoms with Crippen LogP contribution in [0.3, 0.4) is 0 Å². The summed E-state index contributed by atoms with van der Waals surface area (Å²) >= 11 is 0. The number of non-ortho nitro benzene ring substituents is 1. The van der Waals surface area contributed by atoms with Gasteiger partial charge < -0.3 is 9.80 Å². The van der Waals surface area contributed by atoms with Gasteiger partial charge in [0.25, 0.3) is 5.69 Å². The first-order valence-corrected chi connectivity index (χ1v) is 8.01. The number of nitro benzene ring substituents is 1. The summed E-state index contributed by atoms with van der Waals surface area (Å²) in [4.78, 5) is 30.9. The van der Waals surface area contributed by atoms with Crippen molar-refractivity contribution < 1.29 is 9.72 Å². The molecule has 2 heterocycles. The standard InChI is InChI=1S/C18H18N4O3/c23-18(8-7-15-4-3-5-16(14-15)22(24)25)21-12-10-20(11-13-21)17-6-1-2-9-19-17/h1-9,14H,10-13H2. The molecule has 0 bridgehead atoms. The third kappa shape index (κ3) is 4.20. The fraction of sp³-hybridized carbons (Fsp3) is 0.222. The second kappa shape index (κ2) is 7.57. The predicted octanol–water partition coefficient (Wildman–Crippen LogP) is 2.35. The van der Waals surface area contributed by atoms with Crippen LogP contribution in [0.4, 0.5) is 11.5 Å². The minimum atomic E-state index is -0.448. The molecule has 0 unspecified atom stereocenters. The Morgan fingerprint density at radius 2 is 1.92 bits per heavy atom. The van der Waals surface area contributed by atoms with E-state index in [1.807, 2.05) is 18.2 Å². The average molecular weight is 338 g/mol. The maximum absolute atomic E-state index is 12.3. The van der Waals surface area contributed by atoms with Crippen molar-refractivity contribution in [3.63, 3.8) is 0 Å². The normalized spacial score (nSPS) is 14.7. The van der Waals surface area contributed by atoms with Crippen LogP contribution < -0.4 is 4.90 Å². The average Bonchev–Trinajstić information content (AvgIpc) is 2.67. The first-order chi connectivity index (χ1) is 12.1. The van der Waals surface area contributed by atoms with Crippen molar-refractivity contribution in [1.29, 1.82) is 0 Å². The summed E-state index contributed by atoms with van der Waals surface area (Å²) in [6.07, 6.45) is 4.84. The van der Waals surface area contributed by atoms with Gasteiger partial charge in [-0.15, -0.1) is 0 Å². The highest BCUT2D eigenvalue weighted by Crippen LogP contribution is 2.15. The quantitative estimate of drug-likeness (QED) is 0.486. The Labute approximate surface area is 145 Å². The Morgan fingerprint density at radius 1 is 1.12 bits per heavy atom. The molecule has 0 N–H and O–H groups in total. The zero-order valence-corrected chi connectivity index (χ0v) is 13.6. The number of anilines is 1. The number of benzene rings is 1. The van der Waals surface area contributed by atoms with Gasteiger partial charge in [0.05, 0.1) is 4.92 Å². The van der Waals surface area contributed by atoms with Crippen molar-refractivity contribution >= 4 is 23.5 Å². The van der Waals surface area contributed by atoms with Gasteiger partial charge in [-0.1, -0.05) is 18.2 Å². The van der Waals surface area contributed by atoms with Crippen molar-refractivity contribution in [1.82, 2.24) is 9.88 Å². The van der Waals surface area contributed by atoms with E-state index in [9.17, 15) is 14.9 Å². The van der Waals surface area contributed by atoms with Gasteiger partial charge in [0.15, 0.2) is 0 Å². The Morgan fingerprint density at radius 3 is 2.60 bits per heavy atom. The van der Waals surface area contributed by atoms with Gasteiger partial charge in [-0.05, 0) is 23.8 Å². The van der Waals surface area contributed by atoms with E-state index in [0.717, 1.165) is 18.9 Å². The van der Waals surface area contributed by atoms with E-state index >= 15 is 0 Å². The van der Waals surface area contributed by atoms with E-state index in [-0.39, 0.29) is 11.6 Å². The Kier molecular flexibility index (Phi) is 5.03. The molecule has 2 aromatic rings. The van der Waals surface area contributed by atoms with Crippen molar-refractivity contribution in [2.75, 3.05) is 31.1 Å². The number of piperazine rings is 1. The monoisotopic (exact) mass is 338 g/mol. The summed E-state index contributed by atoms with van der Waals surface area (Å²) < 4.78 is 0. The van der Waals surface area contributed by atoms with Crippen LogP contribution in [0.25, 0.3) is 6.08 Å². The number of carbonyl (C=O) groups is 1. The lowest BCUT2D eigenvalue weighted by Gasteiger charge is -2.34. The number of carbonyl (C=O) groups excluding carboxylic acids is 1. The summed E-state index contributed by atoms with van der Waals surface area (Å²) in [6.45, 7) is 2.70. The van der Waals surface area contributed by atoms with Gasteiger partial charge in [0.2, 0.25) is 5.91 Å². The van der Waals surface area contributed by atoms with Gasteiger partial charge in [-0.3, -0.25) is 14.9 Å². The number of hydrogen-bond acceptors (Lipinski definition) is 5. The molecule has 25 heavy (non-hydrogen) atoms. The number of nitrogens with zero attached hydrogens (tertiary/aromatic N) is 4. The van der Waals surface area contributed by atoms with E-state index in [1.54, 1.807) is 29.3 Å². The van der Waals surface area contributed by atoms with Gasteiger partial charge in [0.1, 0.15) is 5.82 Å². The van der Waals surface area contributed by atoms with E-state index < -0.39 is 4.92 Å². The molecular weight excluding hydrogens is 320 g/mol. The third-order valence-corrected chi connectivity index (χ3v) is 4.06. The molecule has 3 rings (SSSR count). The Hall–Kier alpha value is -3.22. The Bertz CT molecular complexity index is 784. The SMILES string of the molecule is O=C(C=Cc1cccc([N+](=O)[O-])c1)N1CCN(c2ccccn2)CC1. The van der Waals surface area contributed by atoms with Crippen molar-refractivity contribution in [2.45, 2.75) is 0 Å². The molecule has 1 saturated heterocycles. The molecule has 0 aliphatic carbocycles. The van der Waals surface area contributed by atoms with E-state index in [0.29, 0.717) is 18.7 Å². The van der Waals surface area contributed by atoms with Gasteiger partial charge >= 0.3 is 0 Å². The maximum atomic E-state index is 12.3. The molecule has 0 saturated carbocycles. The number of pyridine rings is 1. The number of aromatic nitrogens is 1. The molecular formula is C18H18N4O3. The second-order valence-corrected chi connectivity index (χ2v) is 5.69. The lowest BCUT2D eigenvalue weighted by Crippen LogP contribution is -2.48. The lowest BCUT2D eigenvalue weighted by molar-refractivity contribution is -0.384. The summed E-state index contributed by atoms with van der Waals surface area (Å²) in [5, 5.41) is 10.8. The number of rotatable bonds is 4. The van der Waals surface area contributed by atoms with E-state index in [2.05, 4.69) is 9.88 Å². The predicted molar refractivity (Wildman–Crippen MR) is 95.2 cm³/mol. The van der Waals surface area contributed by atoms with Crippen LogP contribution in [0.1, 0.15) is 5.56 Å². The molecule has 7 heteroatoms. The fourth-order valence-corrected chi connectivity index (χ4v) is 2.71. The smallest absolute Gasteiger partial charge is 0.270 e. The largest absolute Gasteiger partial charge is 0.353 e. The van der Waals surface area contributed by atoms with Gasteiger partial charge in [-0.25, -0.2) is 4.98 Å². The summed E-state index contributed by atoms with van der Waals surface area (Å²) in [7, 11) is 0. The highest BCUT2D eigenvalue weighted by Gasteiger charge is 2.20. The van der Waals surface area contributed by atoms with Crippen LogP contribution >= 0.6 is 0 Å². The minimum absolute atomic E-state index is 0.0126. The van der Waals surface area contributed by atoms with E-state index in [4.69, 9.17) is 0 Å². The molecule has 1 aromatic carbocycles. The van der Waals surface area contributed by atoms with Crippen molar-refractivity contribution in [3.8, 4) is 0 Å². The molecule has 7 nitrogen and oxygen atoms in total. The van der Waals surface area contributed by atoms with Crippen LogP contribution in [0.15, 0.2) is 54.7 Å². The number of nitro groups is 1. The van der Waals surface area contributed by atoms with Crippen LogP contribution in [-0.2, 0) is 4.79 Å². The molecule has 0 spiro atoms. The molecule has 128 valence electrons. The zero-order valence-electron chi connectivity index (χ0n) is 13.6. The van der Waals surface area contributed by atoms with Crippen molar-refractivity contribution in [3.05, 3.63) is 70.4 Å². The summed E-state index contributed by atoms with van der Waals surface area (Å²) in [5.41, 5.74) is 0.647. The zero-order chi connectivity index (χ0) is 17.6. The molecule has 1 fully saturated rings.